The summed E-state index contributed by atoms with van der Waals surface area (Å²) in [4.78, 5) is 0. The number of hydrogen-bond donors (Lipinski definition) is 0. The van der Waals surface area contributed by atoms with Gasteiger partial charge < -0.3 is 0 Å². The Morgan fingerprint density at radius 2 is 2.11 bits per heavy atom. The summed E-state index contributed by atoms with van der Waals surface area (Å²) in [6, 6.07) is 0. The second-order valence-electron chi connectivity index (χ2n) is 2.03. The number of thioether (sulfide) groups is 1. The second-order valence-corrected chi connectivity index (χ2v) is 3.54. The molecule has 0 atom stereocenters. The highest BCUT2D eigenvalue weighted by Crippen LogP contribution is 2.04. The van der Waals surface area contributed by atoms with Gasteiger partial charge in [-0.05, 0) is 12.2 Å². The Balaban J connectivity index is 2.66. The summed E-state index contributed by atoms with van der Waals surface area (Å²) in [6.45, 7) is 2.23. The highest BCUT2D eigenvalue weighted by Gasteiger charge is 1.85. The molecule has 0 nitrogen and oxygen atoms in total. The minimum absolute atomic E-state index is 1.21. The molecular formula is C7H14S2. The molecule has 0 unspecified atom stereocenters. The summed E-state index contributed by atoms with van der Waals surface area (Å²) in [5, 5.41) is 0. The van der Waals surface area contributed by atoms with Gasteiger partial charge in [0.05, 0.1) is 0 Å². The fourth-order valence-corrected chi connectivity index (χ4v) is 1.42. The van der Waals surface area contributed by atoms with Crippen LogP contribution in [-0.2, 0) is 0 Å². The van der Waals surface area contributed by atoms with E-state index in [1.165, 1.54) is 31.4 Å². The van der Waals surface area contributed by atoms with Gasteiger partial charge in [-0.1, -0.05) is 38.4 Å². The van der Waals surface area contributed by atoms with E-state index in [9.17, 15) is 0 Å². The van der Waals surface area contributed by atoms with E-state index in [4.69, 9.17) is 0 Å². The fourth-order valence-electron chi connectivity index (χ4n) is 0.660. The zero-order chi connectivity index (χ0) is 6.95. The van der Waals surface area contributed by atoms with Crippen molar-refractivity contribution >= 4 is 28.7 Å². The molecule has 0 saturated carbocycles. The zero-order valence-electron chi connectivity index (χ0n) is 5.93. The maximum absolute atomic E-state index is 4.67. The third-order valence-electron chi connectivity index (χ3n) is 1.18. The lowest BCUT2D eigenvalue weighted by Gasteiger charge is -1.93. The molecule has 9 heavy (non-hydrogen) atoms. The third kappa shape index (κ3) is 8.44. The zero-order valence-corrected chi connectivity index (χ0v) is 7.56. The lowest BCUT2D eigenvalue weighted by Crippen LogP contribution is -1.78. The topological polar surface area (TPSA) is 0 Å². The molecule has 0 fully saturated rings. The molecule has 0 saturated heterocycles. The maximum Gasteiger partial charge on any atom is 0.0341 e. The fraction of sp³-hybridized carbons (Fsp3) is 0.857. The summed E-state index contributed by atoms with van der Waals surface area (Å²) < 4.78 is 1.76. The molecule has 0 amide bonds. The van der Waals surface area contributed by atoms with E-state index in [-0.39, 0.29) is 0 Å². The number of hydrogen-bond acceptors (Lipinski definition) is 2. The minimum Gasteiger partial charge on any atom is -0.122 e. The van der Waals surface area contributed by atoms with Crippen molar-refractivity contribution in [3.05, 3.63) is 0 Å². The monoisotopic (exact) mass is 162 g/mol. The van der Waals surface area contributed by atoms with Gasteiger partial charge in [-0.15, -0.1) is 11.8 Å². The van der Waals surface area contributed by atoms with Crippen molar-refractivity contribution in [3.8, 4) is 0 Å². The Bertz CT molecular complexity index is 61.9. The molecule has 0 rings (SSSR count). The molecule has 0 aliphatic heterocycles. The average Bonchev–Trinajstić information content (AvgIpc) is 1.89. The first-order chi connectivity index (χ1) is 4.41. The van der Waals surface area contributed by atoms with Gasteiger partial charge in [0.25, 0.3) is 0 Å². The van der Waals surface area contributed by atoms with E-state index in [1.54, 1.807) is 16.5 Å². The molecule has 0 bridgehead atoms. The molecule has 54 valence electrons. The third-order valence-corrected chi connectivity index (χ3v) is 2.25. The molecular weight excluding hydrogens is 148 g/mol. The van der Waals surface area contributed by atoms with Crippen molar-refractivity contribution in [2.45, 2.75) is 32.6 Å². The van der Waals surface area contributed by atoms with E-state index in [0.29, 0.717) is 0 Å². The van der Waals surface area contributed by atoms with Crippen molar-refractivity contribution in [2.24, 2.45) is 0 Å². The van der Waals surface area contributed by atoms with E-state index in [0.717, 1.165) is 0 Å². The standard InChI is InChI=1S/C7H14S2/c1-2-3-4-5-6-9-7-8/h7H,2-6H2,1H3. The number of thiocarbonyl (C=S) groups is 1. The van der Waals surface area contributed by atoms with Gasteiger partial charge in [0.15, 0.2) is 0 Å². The van der Waals surface area contributed by atoms with E-state index >= 15 is 0 Å². The van der Waals surface area contributed by atoms with Crippen LogP contribution in [0.2, 0.25) is 0 Å². The Morgan fingerprint density at radius 3 is 2.67 bits per heavy atom. The van der Waals surface area contributed by atoms with Crippen LogP contribution in [0.1, 0.15) is 32.6 Å². The second kappa shape index (κ2) is 8.44. The van der Waals surface area contributed by atoms with Crippen LogP contribution in [-0.4, -0.2) is 10.5 Å². The van der Waals surface area contributed by atoms with E-state index in [1.807, 2.05) is 0 Å². The van der Waals surface area contributed by atoms with Crippen molar-refractivity contribution in [3.63, 3.8) is 0 Å². The van der Waals surface area contributed by atoms with Crippen LogP contribution in [0.4, 0.5) is 0 Å². The van der Waals surface area contributed by atoms with Gasteiger partial charge >= 0.3 is 0 Å². The van der Waals surface area contributed by atoms with E-state index in [2.05, 4.69) is 19.1 Å². The van der Waals surface area contributed by atoms with Gasteiger partial charge in [0.1, 0.15) is 0 Å². The van der Waals surface area contributed by atoms with Gasteiger partial charge in [-0.2, -0.15) is 0 Å². The van der Waals surface area contributed by atoms with Gasteiger partial charge in [0, 0.05) is 4.70 Å². The number of unbranched alkanes of at least 4 members (excludes halogenated alkanes) is 3. The normalized spacial score (nSPS) is 9.44. The van der Waals surface area contributed by atoms with Crippen LogP contribution in [0.25, 0.3) is 0 Å². The van der Waals surface area contributed by atoms with Crippen LogP contribution in [0, 0.1) is 0 Å². The summed E-state index contributed by atoms with van der Waals surface area (Å²) in [7, 11) is 0. The van der Waals surface area contributed by atoms with Gasteiger partial charge in [0.2, 0.25) is 0 Å². The lowest BCUT2D eigenvalue weighted by molar-refractivity contribution is 0.707. The largest absolute Gasteiger partial charge is 0.122 e. The molecule has 0 aliphatic rings. The first-order valence-electron chi connectivity index (χ1n) is 3.47. The van der Waals surface area contributed by atoms with E-state index < -0.39 is 0 Å². The van der Waals surface area contributed by atoms with Crippen LogP contribution in [0.5, 0.6) is 0 Å². The lowest BCUT2D eigenvalue weighted by atomic mass is 10.2. The molecule has 0 spiro atoms. The minimum atomic E-state index is 1.21. The molecule has 0 aromatic carbocycles. The maximum atomic E-state index is 4.67. The summed E-state index contributed by atoms with van der Waals surface area (Å²) in [5.41, 5.74) is 0. The predicted octanol–water partition coefficient (Wildman–Crippen LogP) is 3.26. The van der Waals surface area contributed by atoms with Crippen molar-refractivity contribution < 1.29 is 0 Å². The summed E-state index contributed by atoms with van der Waals surface area (Å²) in [5.74, 6) is 1.21. The summed E-state index contributed by atoms with van der Waals surface area (Å²) in [6.07, 6.45) is 5.39. The van der Waals surface area contributed by atoms with Crippen LogP contribution < -0.4 is 0 Å². The molecule has 0 heterocycles. The Hall–Kier alpha value is 0.440. The SMILES string of the molecule is CCCCCCSC=S. The number of rotatable bonds is 6. The smallest absolute Gasteiger partial charge is 0.0341 e. The molecule has 0 aromatic heterocycles. The molecule has 2 heteroatoms. The van der Waals surface area contributed by atoms with Gasteiger partial charge in [-0.3, -0.25) is 0 Å². The van der Waals surface area contributed by atoms with Crippen molar-refractivity contribution in [1.82, 2.24) is 0 Å². The molecule has 0 aromatic rings. The highest BCUT2D eigenvalue weighted by atomic mass is 32.2. The Kier molecular flexibility index (Phi) is 8.85. The molecule has 0 radical (unpaired) electrons. The quantitative estimate of drug-likeness (QED) is 0.434. The first kappa shape index (κ1) is 9.44. The Morgan fingerprint density at radius 1 is 1.33 bits per heavy atom. The van der Waals surface area contributed by atoms with Crippen molar-refractivity contribution in [2.75, 3.05) is 5.75 Å². The molecule has 0 N–H and O–H groups in total. The average molecular weight is 162 g/mol. The predicted molar refractivity (Wildman–Crippen MR) is 50.3 cm³/mol. The van der Waals surface area contributed by atoms with Crippen LogP contribution in [0.15, 0.2) is 0 Å². The van der Waals surface area contributed by atoms with Crippen LogP contribution in [0.3, 0.4) is 0 Å². The molecule has 0 aliphatic carbocycles. The first-order valence-corrected chi connectivity index (χ1v) is 4.99. The summed E-state index contributed by atoms with van der Waals surface area (Å²) >= 11 is 6.42. The van der Waals surface area contributed by atoms with Crippen molar-refractivity contribution in [1.29, 1.82) is 0 Å². The van der Waals surface area contributed by atoms with Gasteiger partial charge in [-0.25, -0.2) is 0 Å². The Labute approximate surface area is 67.4 Å². The van der Waals surface area contributed by atoms with Crippen LogP contribution >= 0.6 is 24.0 Å². The highest BCUT2D eigenvalue weighted by molar-refractivity contribution is 8.20.